The predicted octanol–water partition coefficient (Wildman–Crippen LogP) is 1.97. The molecule has 1 aromatic rings. The quantitative estimate of drug-likeness (QED) is 0.849. The van der Waals surface area contributed by atoms with Crippen LogP contribution in [0.3, 0.4) is 0 Å². The van der Waals surface area contributed by atoms with Crippen LogP contribution in [0.5, 0.6) is 0 Å². The first kappa shape index (κ1) is 15.1. The van der Waals surface area contributed by atoms with Crippen molar-refractivity contribution in [2.45, 2.75) is 45.4 Å². The number of hydrogen-bond acceptors (Lipinski definition) is 4. The summed E-state index contributed by atoms with van der Waals surface area (Å²) in [6.07, 6.45) is 2.03. The van der Waals surface area contributed by atoms with Gasteiger partial charge in [-0.1, -0.05) is 20.8 Å². The van der Waals surface area contributed by atoms with E-state index in [-0.39, 0.29) is 30.1 Å². The zero-order valence-corrected chi connectivity index (χ0v) is 11.4. The van der Waals surface area contributed by atoms with E-state index in [1.165, 1.54) is 0 Å². The SMILES string of the molecule is CC(C)(C)c1ccnc(NC(=O)CCCC(=O)O)n1. The monoisotopic (exact) mass is 265 g/mol. The van der Waals surface area contributed by atoms with Crippen molar-refractivity contribution in [1.29, 1.82) is 0 Å². The average Bonchev–Trinajstić information content (AvgIpc) is 2.27. The minimum Gasteiger partial charge on any atom is -0.481 e. The molecule has 0 bridgehead atoms. The summed E-state index contributed by atoms with van der Waals surface area (Å²) in [5.74, 6) is -0.918. The van der Waals surface area contributed by atoms with Crippen LogP contribution in [0.2, 0.25) is 0 Å². The summed E-state index contributed by atoms with van der Waals surface area (Å²) in [5.41, 5.74) is 0.717. The Hall–Kier alpha value is -1.98. The van der Waals surface area contributed by atoms with E-state index in [0.717, 1.165) is 5.69 Å². The maximum Gasteiger partial charge on any atom is 0.303 e. The number of aliphatic carboxylic acids is 1. The van der Waals surface area contributed by atoms with Crippen molar-refractivity contribution in [3.8, 4) is 0 Å². The summed E-state index contributed by atoms with van der Waals surface area (Å²) in [5, 5.41) is 11.1. The van der Waals surface area contributed by atoms with Gasteiger partial charge in [0.15, 0.2) is 0 Å². The van der Waals surface area contributed by atoms with E-state index < -0.39 is 5.97 Å². The number of anilines is 1. The lowest BCUT2D eigenvalue weighted by atomic mass is 9.92. The van der Waals surface area contributed by atoms with Gasteiger partial charge >= 0.3 is 5.97 Å². The maximum atomic E-state index is 11.6. The van der Waals surface area contributed by atoms with Gasteiger partial charge in [0, 0.05) is 24.5 Å². The summed E-state index contributed by atoms with van der Waals surface area (Å²) >= 11 is 0. The summed E-state index contributed by atoms with van der Waals surface area (Å²) in [6.45, 7) is 6.06. The first-order chi connectivity index (χ1) is 8.79. The summed E-state index contributed by atoms with van der Waals surface area (Å²) in [7, 11) is 0. The highest BCUT2D eigenvalue weighted by Crippen LogP contribution is 2.20. The van der Waals surface area contributed by atoms with Crippen LogP contribution in [0.15, 0.2) is 12.3 Å². The summed E-state index contributed by atoms with van der Waals surface area (Å²) < 4.78 is 0. The van der Waals surface area contributed by atoms with Crippen LogP contribution in [-0.4, -0.2) is 27.0 Å². The highest BCUT2D eigenvalue weighted by Gasteiger charge is 2.16. The highest BCUT2D eigenvalue weighted by molar-refractivity contribution is 5.89. The van der Waals surface area contributed by atoms with Crippen LogP contribution in [0.4, 0.5) is 5.95 Å². The predicted molar refractivity (Wildman–Crippen MR) is 70.8 cm³/mol. The highest BCUT2D eigenvalue weighted by atomic mass is 16.4. The Labute approximate surface area is 112 Å². The van der Waals surface area contributed by atoms with Gasteiger partial charge in [-0.15, -0.1) is 0 Å². The van der Waals surface area contributed by atoms with Gasteiger partial charge in [-0.2, -0.15) is 0 Å². The lowest BCUT2D eigenvalue weighted by Crippen LogP contribution is -2.18. The van der Waals surface area contributed by atoms with Crippen molar-refractivity contribution in [1.82, 2.24) is 9.97 Å². The molecule has 0 spiro atoms. The molecule has 0 fully saturated rings. The van der Waals surface area contributed by atoms with Crippen LogP contribution >= 0.6 is 0 Å². The minimum atomic E-state index is -0.904. The van der Waals surface area contributed by atoms with Crippen molar-refractivity contribution in [3.63, 3.8) is 0 Å². The van der Waals surface area contributed by atoms with Crippen molar-refractivity contribution in [2.24, 2.45) is 0 Å². The van der Waals surface area contributed by atoms with Crippen LogP contribution in [0.25, 0.3) is 0 Å². The van der Waals surface area contributed by atoms with Gasteiger partial charge in [0.25, 0.3) is 0 Å². The second-order valence-electron chi connectivity index (χ2n) is 5.31. The molecule has 0 unspecified atom stereocenters. The Balaban J connectivity index is 2.57. The number of hydrogen-bond donors (Lipinski definition) is 2. The molecule has 0 aliphatic heterocycles. The molecular formula is C13H19N3O3. The molecule has 0 saturated heterocycles. The van der Waals surface area contributed by atoms with Gasteiger partial charge in [-0.3, -0.25) is 14.9 Å². The Morgan fingerprint density at radius 1 is 1.32 bits per heavy atom. The number of carboxylic acids is 1. The third-order valence-corrected chi connectivity index (χ3v) is 2.47. The molecule has 6 nitrogen and oxygen atoms in total. The molecule has 0 saturated carbocycles. The number of nitrogens with one attached hydrogen (secondary N) is 1. The molecule has 1 heterocycles. The summed E-state index contributed by atoms with van der Waals surface area (Å²) in [4.78, 5) is 30.2. The van der Waals surface area contributed by atoms with E-state index in [2.05, 4.69) is 15.3 Å². The van der Waals surface area contributed by atoms with Crippen molar-refractivity contribution in [3.05, 3.63) is 18.0 Å². The van der Waals surface area contributed by atoms with Gasteiger partial charge in [-0.25, -0.2) is 9.97 Å². The number of aromatic nitrogens is 2. The number of carbonyl (C=O) groups is 2. The van der Waals surface area contributed by atoms with Crippen LogP contribution in [-0.2, 0) is 15.0 Å². The maximum absolute atomic E-state index is 11.6. The molecule has 0 radical (unpaired) electrons. The Morgan fingerprint density at radius 2 is 2.00 bits per heavy atom. The Kier molecular flexibility index (Phi) is 4.97. The fraction of sp³-hybridized carbons (Fsp3) is 0.538. The van der Waals surface area contributed by atoms with Gasteiger partial charge < -0.3 is 5.11 Å². The molecule has 0 aromatic carbocycles. The molecule has 1 amide bonds. The largest absolute Gasteiger partial charge is 0.481 e. The third kappa shape index (κ3) is 5.46. The molecule has 0 aliphatic rings. The fourth-order valence-corrected chi connectivity index (χ4v) is 1.42. The van der Waals surface area contributed by atoms with Gasteiger partial charge in [0.1, 0.15) is 0 Å². The zero-order valence-electron chi connectivity index (χ0n) is 11.4. The van der Waals surface area contributed by atoms with Crippen LogP contribution in [0.1, 0.15) is 45.7 Å². The van der Waals surface area contributed by atoms with E-state index in [1.807, 2.05) is 20.8 Å². The molecule has 2 N–H and O–H groups in total. The second kappa shape index (κ2) is 6.26. The lowest BCUT2D eigenvalue weighted by molar-refractivity contribution is -0.137. The number of rotatable bonds is 5. The molecular weight excluding hydrogens is 246 g/mol. The number of carbonyl (C=O) groups excluding carboxylic acids is 1. The fourth-order valence-electron chi connectivity index (χ4n) is 1.42. The van der Waals surface area contributed by atoms with Crippen LogP contribution in [0, 0.1) is 0 Å². The van der Waals surface area contributed by atoms with E-state index in [4.69, 9.17) is 5.11 Å². The molecule has 0 aliphatic carbocycles. The van der Waals surface area contributed by atoms with Crippen molar-refractivity contribution in [2.75, 3.05) is 5.32 Å². The number of amides is 1. The van der Waals surface area contributed by atoms with E-state index in [9.17, 15) is 9.59 Å². The van der Waals surface area contributed by atoms with Gasteiger partial charge in [0.05, 0.1) is 5.69 Å². The molecule has 1 aromatic heterocycles. The minimum absolute atomic E-state index is 0.0176. The third-order valence-electron chi connectivity index (χ3n) is 2.47. The average molecular weight is 265 g/mol. The molecule has 104 valence electrons. The van der Waals surface area contributed by atoms with Crippen LogP contribution < -0.4 is 5.32 Å². The molecule has 19 heavy (non-hydrogen) atoms. The smallest absolute Gasteiger partial charge is 0.303 e. The lowest BCUT2D eigenvalue weighted by Gasteiger charge is -2.17. The zero-order chi connectivity index (χ0) is 14.5. The number of nitrogens with zero attached hydrogens (tertiary/aromatic N) is 2. The molecule has 1 rings (SSSR count). The first-order valence-corrected chi connectivity index (χ1v) is 6.14. The first-order valence-electron chi connectivity index (χ1n) is 6.14. The van der Waals surface area contributed by atoms with Crippen molar-refractivity contribution < 1.29 is 14.7 Å². The van der Waals surface area contributed by atoms with Gasteiger partial charge in [0.2, 0.25) is 11.9 Å². The molecule has 0 atom stereocenters. The Morgan fingerprint density at radius 3 is 2.58 bits per heavy atom. The normalized spacial score (nSPS) is 11.1. The van der Waals surface area contributed by atoms with E-state index in [0.29, 0.717) is 6.42 Å². The van der Waals surface area contributed by atoms with Crippen molar-refractivity contribution >= 4 is 17.8 Å². The van der Waals surface area contributed by atoms with E-state index in [1.54, 1.807) is 12.3 Å². The standard InChI is InChI=1S/C13H19N3O3/c1-13(2,3)9-7-8-14-12(15-9)16-10(17)5-4-6-11(18)19/h7-8H,4-6H2,1-3H3,(H,18,19)(H,14,15,16,17). The topological polar surface area (TPSA) is 92.2 Å². The molecule has 6 heteroatoms. The van der Waals surface area contributed by atoms with E-state index >= 15 is 0 Å². The Bertz CT molecular complexity index is 466. The summed E-state index contributed by atoms with van der Waals surface area (Å²) in [6, 6.07) is 1.81. The number of carboxylic acid groups (broad SMARTS) is 1. The van der Waals surface area contributed by atoms with Gasteiger partial charge in [-0.05, 0) is 12.5 Å². The second-order valence-corrected chi connectivity index (χ2v) is 5.31.